The van der Waals surface area contributed by atoms with E-state index in [0.717, 1.165) is 30.6 Å². The predicted octanol–water partition coefficient (Wildman–Crippen LogP) is 2.61. The summed E-state index contributed by atoms with van der Waals surface area (Å²) in [5, 5.41) is 0. The molecular weight excluding hydrogens is 262 g/mol. The second-order valence-electron chi connectivity index (χ2n) is 4.86. The van der Waals surface area contributed by atoms with E-state index in [-0.39, 0.29) is 24.5 Å². The number of nitrogens with zero attached hydrogens (tertiary/aromatic N) is 1. The summed E-state index contributed by atoms with van der Waals surface area (Å²) >= 11 is 1.47. The van der Waals surface area contributed by atoms with Gasteiger partial charge in [-0.25, -0.2) is 0 Å². The van der Waals surface area contributed by atoms with Gasteiger partial charge in [0.2, 0.25) is 0 Å². The number of carbonyl (C=O) groups is 2. The van der Waals surface area contributed by atoms with Crippen LogP contribution < -0.4 is 0 Å². The Morgan fingerprint density at radius 1 is 1.37 bits per heavy atom. The molecule has 1 aromatic rings. The van der Waals surface area contributed by atoms with Crippen molar-refractivity contribution in [2.24, 2.45) is 0 Å². The lowest BCUT2D eigenvalue weighted by atomic mass is 10.2. The number of methoxy groups -OCH3 is 1. The van der Waals surface area contributed by atoms with Crippen LogP contribution in [0.5, 0.6) is 0 Å². The van der Waals surface area contributed by atoms with Crippen molar-refractivity contribution in [3.8, 4) is 0 Å². The highest BCUT2D eigenvalue weighted by Crippen LogP contribution is 2.26. The highest BCUT2D eigenvalue weighted by atomic mass is 32.1. The third-order valence-electron chi connectivity index (χ3n) is 3.50. The van der Waals surface area contributed by atoms with E-state index in [9.17, 15) is 9.59 Å². The third-order valence-corrected chi connectivity index (χ3v) is 4.49. The van der Waals surface area contributed by atoms with E-state index in [4.69, 9.17) is 4.74 Å². The number of rotatable bonds is 4. The summed E-state index contributed by atoms with van der Waals surface area (Å²) in [4.78, 5) is 27.5. The molecule has 0 aromatic carbocycles. The van der Waals surface area contributed by atoms with Crippen molar-refractivity contribution in [2.75, 3.05) is 13.7 Å². The number of thiophene rings is 1. The highest BCUT2D eigenvalue weighted by molar-refractivity contribution is 7.13. The Balaban J connectivity index is 2.15. The minimum Gasteiger partial charge on any atom is -0.468 e. The van der Waals surface area contributed by atoms with Gasteiger partial charge in [0, 0.05) is 10.9 Å². The van der Waals surface area contributed by atoms with Crippen LogP contribution in [0, 0.1) is 6.92 Å². The van der Waals surface area contributed by atoms with Gasteiger partial charge in [-0.15, -0.1) is 11.3 Å². The maximum absolute atomic E-state index is 12.5. The van der Waals surface area contributed by atoms with Crippen molar-refractivity contribution in [1.82, 2.24) is 4.90 Å². The molecule has 0 N–H and O–H groups in total. The Hall–Kier alpha value is -1.36. The Morgan fingerprint density at radius 3 is 2.58 bits per heavy atom. The van der Waals surface area contributed by atoms with Gasteiger partial charge < -0.3 is 9.64 Å². The standard InChI is InChI=1S/C14H19NO3S/c1-10-7-8-12(19-10)14(17)15(9-13(16)18-2)11-5-3-4-6-11/h7-8,11H,3-6,9H2,1-2H3. The summed E-state index contributed by atoms with van der Waals surface area (Å²) in [7, 11) is 1.36. The van der Waals surface area contributed by atoms with Crippen LogP contribution >= 0.6 is 11.3 Å². The molecule has 104 valence electrons. The van der Waals surface area contributed by atoms with Crippen molar-refractivity contribution < 1.29 is 14.3 Å². The molecule has 1 heterocycles. The maximum atomic E-state index is 12.5. The van der Waals surface area contributed by atoms with Crippen LogP contribution in [0.15, 0.2) is 12.1 Å². The molecule has 1 aliphatic rings. The normalized spacial score (nSPS) is 15.5. The first-order valence-corrected chi connectivity index (χ1v) is 7.37. The van der Waals surface area contributed by atoms with E-state index >= 15 is 0 Å². The van der Waals surface area contributed by atoms with Crippen LogP contribution in [-0.2, 0) is 9.53 Å². The predicted molar refractivity (Wildman–Crippen MR) is 74.4 cm³/mol. The van der Waals surface area contributed by atoms with Gasteiger partial charge in [-0.3, -0.25) is 9.59 Å². The van der Waals surface area contributed by atoms with Gasteiger partial charge in [-0.05, 0) is 31.9 Å². The Labute approximate surface area is 117 Å². The number of amides is 1. The minimum atomic E-state index is -0.353. The highest BCUT2D eigenvalue weighted by Gasteiger charge is 2.29. The topological polar surface area (TPSA) is 46.6 Å². The number of ether oxygens (including phenoxy) is 1. The Kier molecular flexibility index (Phi) is 4.58. The van der Waals surface area contributed by atoms with Gasteiger partial charge in [-0.2, -0.15) is 0 Å². The first-order valence-electron chi connectivity index (χ1n) is 6.56. The molecule has 1 aromatic heterocycles. The molecule has 1 saturated carbocycles. The number of carbonyl (C=O) groups excluding carboxylic acids is 2. The first kappa shape index (κ1) is 14.1. The van der Waals surface area contributed by atoms with E-state index in [1.165, 1.54) is 18.4 Å². The smallest absolute Gasteiger partial charge is 0.325 e. The largest absolute Gasteiger partial charge is 0.468 e. The molecule has 0 radical (unpaired) electrons. The monoisotopic (exact) mass is 281 g/mol. The minimum absolute atomic E-state index is 0.0459. The van der Waals surface area contributed by atoms with Crippen LogP contribution in [0.1, 0.15) is 40.2 Å². The number of aryl methyl sites for hydroxylation is 1. The van der Waals surface area contributed by atoms with Crippen molar-refractivity contribution in [2.45, 2.75) is 38.6 Å². The van der Waals surface area contributed by atoms with Gasteiger partial charge >= 0.3 is 5.97 Å². The second-order valence-corrected chi connectivity index (χ2v) is 6.15. The molecule has 0 atom stereocenters. The van der Waals surface area contributed by atoms with E-state index in [1.807, 2.05) is 19.1 Å². The quantitative estimate of drug-likeness (QED) is 0.797. The Bertz CT molecular complexity index is 463. The molecule has 1 fully saturated rings. The SMILES string of the molecule is COC(=O)CN(C(=O)c1ccc(C)s1)C1CCCC1. The average molecular weight is 281 g/mol. The molecule has 0 bridgehead atoms. The van der Waals surface area contributed by atoms with E-state index < -0.39 is 0 Å². The lowest BCUT2D eigenvalue weighted by Gasteiger charge is -2.27. The summed E-state index contributed by atoms with van der Waals surface area (Å²) in [5.41, 5.74) is 0. The zero-order valence-corrected chi connectivity index (χ0v) is 12.2. The number of hydrogen-bond donors (Lipinski definition) is 0. The van der Waals surface area contributed by atoms with Crippen LogP contribution in [0.3, 0.4) is 0 Å². The van der Waals surface area contributed by atoms with Crippen molar-refractivity contribution in [3.63, 3.8) is 0 Å². The van der Waals surface area contributed by atoms with Gasteiger partial charge in [-0.1, -0.05) is 12.8 Å². The zero-order chi connectivity index (χ0) is 13.8. The van der Waals surface area contributed by atoms with Crippen LogP contribution in [0.25, 0.3) is 0 Å². The molecular formula is C14H19NO3S. The zero-order valence-electron chi connectivity index (χ0n) is 11.3. The molecule has 0 spiro atoms. The first-order chi connectivity index (χ1) is 9.11. The van der Waals surface area contributed by atoms with E-state index in [0.29, 0.717) is 4.88 Å². The van der Waals surface area contributed by atoms with Crippen molar-refractivity contribution >= 4 is 23.2 Å². The molecule has 19 heavy (non-hydrogen) atoms. The number of hydrogen-bond acceptors (Lipinski definition) is 4. The third kappa shape index (κ3) is 3.35. The summed E-state index contributed by atoms with van der Waals surface area (Å²) in [6, 6.07) is 3.94. The number of esters is 1. The molecule has 1 amide bonds. The molecule has 0 saturated heterocycles. The van der Waals surface area contributed by atoms with Crippen molar-refractivity contribution in [3.05, 3.63) is 21.9 Å². The fourth-order valence-electron chi connectivity index (χ4n) is 2.48. The molecule has 4 nitrogen and oxygen atoms in total. The molecule has 2 rings (SSSR count). The van der Waals surface area contributed by atoms with E-state index in [1.54, 1.807) is 4.90 Å². The summed E-state index contributed by atoms with van der Waals surface area (Å²) in [6.07, 6.45) is 4.21. The summed E-state index contributed by atoms with van der Waals surface area (Å²) < 4.78 is 4.70. The fourth-order valence-corrected chi connectivity index (χ4v) is 3.30. The van der Waals surface area contributed by atoms with Crippen LogP contribution in [0.2, 0.25) is 0 Å². The second kappa shape index (κ2) is 6.19. The van der Waals surface area contributed by atoms with E-state index in [2.05, 4.69) is 0 Å². The van der Waals surface area contributed by atoms with Crippen molar-refractivity contribution in [1.29, 1.82) is 0 Å². The van der Waals surface area contributed by atoms with Crippen LogP contribution in [-0.4, -0.2) is 36.5 Å². The lowest BCUT2D eigenvalue weighted by molar-refractivity contribution is -0.141. The van der Waals surface area contributed by atoms with Gasteiger partial charge in [0.05, 0.1) is 12.0 Å². The van der Waals surface area contributed by atoms with Gasteiger partial charge in [0.25, 0.3) is 5.91 Å². The summed E-state index contributed by atoms with van der Waals surface area (Å²) in [5.74, 6) is -0.399. The van der Waals surface area contributed by atoms with Crippen LogP contribution in [0.4, 0.5) is 0 Å². The van der Waals surface area contributed by atoms with Gasteiger partial charge in [0.1, 0.15) is 6.54 Å². The summed E-state index contributed by atoms with van der Waals surface area (Å²) in [6.45, 7) is 2.03. The molecule has 5 heteroatoms. The lowest BCUT2D eigenvalue weighted by Crippen LogP contribution is -2.42. The molecule has 0 unspecified atom stereocenters. The maximum Gasteiger partial charge on any atom is 0.325 e. The molecule has 0 aliphatic heterocycles. The fraction of sp³-hybridized carbons (Fsp3) is 0.571. The van der Waals surface area contributed by atoms with Gasteiger partial charge in [0.15, 0.2) is 0 Å². The Morgan fingerprint density at radius 2 is 2.05 bits per heavy atom. The molecule has 1 aliphatic carbocycles. The average Bonchev–Trinajstić information content (AvgIpc) is 3.05.